The van der Waals surface area contributed by atoms with E-state index < -0.39 is 23.3 Å². The highest BCUT2D eigenvalue weighted by Gasteiger charge is 2.19. The molecule has 0 aliphatic heterocycles. The van der Waals surface area contributed by atoms with E-state index in [1.54, 1.807) is 24.3 Å². The number of hydrogen-bond donors (Lipinski definition) is 3. The van der Waals surface area contributed by atoms with Crippen LogP contribution in [0.2, 0.25) is 0 Å². The number of rotatable bonds is 3. The third-order valence-corrected chi connectivity index (χ3v) is 2.95. The first kappa shape index (κ1) is 16.0. The Labute approximate surface area is 131 Å². The van der Waals surface area contributed by atoms with Gasteiger partial charge in [0.2, 0.25) is 0 Å². The molecule has 23 heavy (non-hydrogen) atoms. The van der Waals surface area contributed by atoms with Gasteiger partial charge in [-0.1, -0.05) is 30.0 Å². The zero-order chi connectivity index (χ0) is 16.8. The maximum atomic E-state index is 11.1. The number of nitro groups is 1. The number of carbonyl (C=O) groups is 1. The minimum absolute atomic E-state index is 0.211. The average molecular weight is 312 g/mol. The molecule has 0 unspecified atom stereocenters. The molecule has 2 rings (SSSR count). The lowest BCUT2D eigenvalue weighted by molar-refractivity contribution is -0.384. The lowest BCUT2D eigenvalue weighted by Crippen LogP contribution is -2.10. The maximum Gasteiger partial charge on any atom is 0.409 e. The van der Waals surface area contributed by atoms with E-state index >= 15 is 0 Å². The molecule has 0 spiro atoms. The lowest BCUT2D eigenvalue weighted by Gasteiger charge is -2.07. The summed E-state index contributed by atoms with van der Waals surface area (Å²) in [5.74, 6) is 5.61. The van der Waals surface area contributed by atoms with Gasteiger partial charge in [-0.3, -0.25) is 15.4 Å². The van der Waals surface area contributed by atoms with Gasteiger partial charge in [-0.15, -0.1) is 0 Å². The number of aliphatic hydroxyl groups excluding tert-OH is 1. The van der Waals surface area contributed by atoms with Crippen LogP contribution in [0.4, 0.5) is 16.2 Å². The molecule has 0 atom stereocenters. The second-order valence-corrected chi connectivity index (χ2v) is 4.49. The van der Waals surface area contributed by atoms with E-state index in [1.165, 1.54) is 6.07 Å². The summed E-state index contributed by atoms with van der Waals surface area (Å²) < 4.78 is 0. The Morgan fingerprint density at radius 1 is 1.22 bits per heavy atom. The molecule has 1 amide bonds. The fourth-order valence-corrected chi connectivity index (χ4v) is 1.91. The molecule has 116 valence electrons. The third kappa shape index (κ3) is 4.06. The summed E-state index contributed by atoms with van der Waals surface area (Å²) in [6, 6.07) is 11.4. The molecule has 0 heterocycles. The number of nitrogens with one attached hydrogen (secondary N) is 1. The molecule has 0 saturated carbocycles. The van der Waals surface area contributed by atoms with Crippen LogP contribution in [0, 0.1) is 22.0 Å². The zero-order valence-electron chi connectivity index (χ0n) is 11.8. The van der Waals surface area contributed by atoms with Crippen LogP contribution in [0.25, 0.3) is 0 Å². The van der Waals surface area contributed by atoms with Crippen LogP contribution in [0.1, 0.15) is 16.7 Å². The normalized spacial score (nSPS) is 9.61. The van der Waals surface area contributed by atoms with Gasteiger partial charge in [0.1, 0.15) is 5.69 Å². The van der Waals surface area contributed by atoms with E-state index in [1.807, 2.05) is 11.4 Å². The topological polar surface area (TPSA) is 113 Å². The first-order valence-corrected chi connectivity index (χ1v) is 6.50. The number of hydrogen-bond acceptors (Lipinski definition) is 4. The van der Waals surface area contributed by atoms with Crippen molar-refractivity contribution in [3.05, 3.63) is 69.3 Å². The van der Waals surface area contributed by atoms with Gasteiger partial charge in [0.05, 0.1) is 11.5 Å². The standard InChI is InChI=1S/C16H12N2O5/c19-10-13-8-14(17-16(20)21)15(18(22)23)9-12(13)7-6-11-4-2-1-3-5-11/h1-5,8-9,17,19H,10H2,(H,20,21). The Morgan fingerprint density at radius 2 is 1.91 bits per heavy atom. The van der Waals surface area contributed by atoms with Crippen LogP contribution in [0.15, 0.2) is 42.5 Å². The summed E-state index contributed by atoms with van der Waals surface area (Å²) in [4.78, 5) is 21.1. The predicted octanol–water partition coefficient (Wildman–Crippen LogP) is 2.58. The predicted molar refractivity (Wildman–Crippen MR) is 83.1 cm³/mol. The van der Waals surface area contributed by atoms with Crippen molar-refractivity contribution in [1.82, 2.24) is 0 Å². The van der Waals surface area contributed by atoms with Gasteiger partial charge < -0.3 is 10.2 Å². The average Bonchev–Trinajstić information content (AvgIpc) is 2.53. The number of aliphatic hydroxyl groups is 1. The monoisotopic (exact) mass is 312 g/mol. The van der Waals surface area contributed by atoms with Crippen LogP contribution in [0.3, 0.4) is 0 Å². The summed E-state index contributed by atoms with van der Waals surface area (Å²) in [5, 5.41) is 31.2. The molecule has 0 aromatic heterocycles. The molecule has 7 heteroatoms. The minimum atomic E-state index is -1.43. The van der Waals surface area contributed by atoms with Crippen molar-refractivity contribution >= 4 is 17.5 Å². The summed E-state index contributed by atoms with van der Waals surface area (Å²) in [7, 11) is 0. The molecule has 0 bridgehead atoms. The van der Waals surface area contributed by atoms with E-state index in [4.69, 9.17) is 5.11 Å². The molecule has 0 aliphatic carbocycles. The van der Waals surface area contributed by atoms with Crippen molar-refractivity contribution in [2.45, 2.75) is 6.61 Å². The molecule has 7 nitrogen and oxygen atoms in total. The van der Waals surface area contributed by atoms with Gasteiger partial charge in [0.15, 0.2) is 0 Å². The number of anilines is 1. The summed E-state index contributed by atoms with van der Waals surface area (Å²) >= 11 is 0. The molecular weight excluding hydrogens is 300 g/mol. The zero-order valence-corrected chi connectivity index (χ0v) is 11.8. The Morgan fingerprint density at radius 3 is 2.48 bits per heavy atom. The Hall–Kier alpha value is -3.37. The maximum absolute atomic E-state index is 11.1. The Balaban J connectivity index is 2.51. The number of benzene rings is 2. The first-order valence-electron chi connectivity index (χ1n) is 6.50. The molecule has 2 aromatic carbocycles. The van der Waals surface area contributed by atoms with Gasteiger partial charge in [-0.25, -0.2) is 4.79 Å². The first-order chi connectivity index (χ1) is 11.0. The smallest absolute Gasteiger partial charge is 0.409 e. The van der Waals surface area contributed by atoms with E-state index in [0.717, 1.165) is 6.07 Å². The highest BCUT2D eigenvalue weighted by molar-refractivity contribution is 5.87. The van der Waals surface area contributed by atoms with Crippen LogP contribution in [-0.2, 0) is 6.61 Å². The lowest BCUT2D eigenvalue weighted by atomic mass is 10.0. The highest BCUT2D eigenvalue weighted by Crippen LogP contribution is 2.28. The second-order valence-electron chi connectivity index (χ2n) is 4.49. The summed E-state index contributed by atoms with van der Waals surface area (Å²) in [5.41, 5.74) is 0.632. The van der Waals surface area contributed by atoms with Crippen molar-refractivity contribution in [3.8, 4) is 11.8 Å². The Bertz CT molecular complexity index is 806. The van der Waals surface area contributed by atoms with Gasteiger partial charge in [0.25, 0.3) is 5.69 Å². The van der Waals surface area contributed by atoms with E-state index in [2.05, 4.69) is 11.8 Å². The van der Waals surface area contributed by atoms with Gasteiger partial charge in [-0.05, 0) is 23.8 Å². The van der Waals surface area contributed by atoms with Crippen molar-refractivity contribution in [1.29, 1.82) is 0 Å². The fraction of sp³-hybridized carbons (Fsp3) is 0.0625. The minimum Gasteiger partial charge on any atom is -0.465 e. The number of nitrogens with zero attached hydrogens (tertiary/aromatic N) is 1. The van der Waals surface area contributed by atoms with Crippen LogP contribution < -0.4 is 5.32 Å². The quantitative estimate of drug-likeness (QED) is 0.458. The SMILES string of the molecule is O=C(O)Nc1cc(CO)c(C#Cc2ccccc2)cc1[N+](=O)[O-]. The molecule has 0 aliphatic rings. The molecular formula is C16H12N2O5. The molecule has 3 N–H and O–H groups in total. The van der Waals surface area contributed by atoms with Crippen molar-refractivity contribution < 1.29 is 19.9 Å². The van der Waals surface area contributed by atoms with E-state index in [-0.39, 0.29) is 11.3 Å². The van der Waals surface area contributed by atoms with Gasteiger partial charge in [-0.2, -0.15) is 0 Å². The third-order valence-electron chi connectivity index (χ3n) is 2.95. The number of amides is 1. The van der Waals surface area contributed by atoms with E-state index in [9.17, 15) is 20.0 Å². The van der Waals surface area contributed by atoms with Crippen molar-refractivity contribution in [3.63, 3.8) is 0 Å². The van der Waals surface area contributed by atoms with Crippen LogP contribution in [0.5, 0.6) is 0 Å². The summed E-state index contributed by atoms with van der Waals surface area (Å²) in [6.07, 6.45) is -1.43. The number of carboxylic acid groups (broad SMARTS) is 1. The molecule has 2 aromatic rings. The summed E-state index contributed by atoms with van der Waals surface area (Å²) in [6.45, 7) is -0.425. The van der Waals surface area contributed by atoms with E-state index in [0.29, 0.717) is 11.1 Å². The van der Waals surface area contributed by atoms with Gasteiger partial charge >= 0.3 is 6.09 Å². The van der Waals surface area contributed by atoms with Crippen LogP contribution in [-0.4, -0.2) is 21.2 Å². The molecule has 0 radical (unpaired) electrons. The van der Waals surface area contributed by atoms with Crippen molar-refractivity contribution in [2.75, 3.05) is 5.32 Å². The molecule has 0 fully saturated rings. The highest BCUT2D eigenvalue weighted by atomic mass is 16.6. The number of nitro benzene ring substituents is 1. The largest absolute Gasteiger partial charge is 0.465 e. The fourth-order valence-electron chi connectivity index (χ4n) is 1.91. The Kier molecular flexibility index (Phi) is 4.92. The second kappa shape index (κ2) is 7.06. The van der Waals surface area contributed by atoms with Crippen molar-refractivity contribution in [2.24, 2.45) is 0 Å². The van der Waals surface area contributed by atoms with Gasteiger partial charge in [0, 0.05) is 17.2 Å². The van der Waals surface area contributed by atoms with Crippen LogP contribution >= 0.6 is 0 Å². The molecule has 0 saturated heterocycles.